The van der Waals surface area contributed by atoms with Crippen molar-refractivity contribution in [1.29, 1.82) is 0 Å². The Labute approximate surface area is 155 Å². The summed E-state index contributed by atoms with van der Waals surface area (Å²) in [6, 6.07) is 2.50. The van der Waals surface area contributed by atoms with Gasteiger partial charge in [0.2, 0.25) is 0 Å². The second-order valence-electron chi connectivity index (χ2n) is 5.45. The second kappa shape index (κ2) is 7.78. The first-order valence-electron chi connectivity index (χ1n) is 7.82. The maximum absolute atomic E-state index is 12.1. The molecule has 0 radical (unpaired) electrons. The lowest BCUT2D eigenvalue weighted by atomic mass is 10.2. The van der Waals surface area contributed by atoms with Crippen molar-refractivity contribution in [3.8, 4) is 0 Å². The number of pyridine rings is 1. The minimum atomic E-state index is -0.907. The van der Waals surface area contributed by atoms with E-state index in [1.807, 2.05) is 0 Å². The van der Waals surface area contributed by atoms with Gasteiger partial charge in [-0.05, 0) is 26.0 Å². The molecule has 3 heterocycles. The zero-order chi connectivity index (χ0) is 20.3. The molecule has 0 atom stereocenters. The summed E-state index contributed by atoms with van der Waals surface area (Å²) in [6.45, 7) is 2.30. The number of carbonyl (C=O) groups is 2. The molecule has 0 N–H and O–H groups in total. The molecule has 11 nitrogen and oxygen atoms in total. The van der Waals surface area contributed by atoms with E-state index in [9.17, 15) is 19.2 Å². The Morgan fingerprint density at radius 2 is 1.43 bits per heavy atom. The van der Waals surface area contributed by atoms with Crippen molar-refractivity contribution in [1.82, 2.24) is 4.98 Å². The van der Waals surface area contributed by atoms with Crippen molar-refractivity contribution in [3.05, 3.63) is 73.9 Å². The average Bonchev–Trinajstić information content (AvgIpc) is 3.16. The first-order chi connectivity index (χ1) is 13.3. The molecule has 0 unspecified atom stereocenters. The van der Waals surface area contributed by atoms with Crippen LogP contribution in [0.1, 0.15) is 43.9 Å². The fourth-order valence-electron chi connectivity index (χ4n) is 2.10. The van der Waals surface area contributed by atoms with Gasteiger partial charge in [0.1, 0.15) is 5.69 Å². The van der Waals surface area contributed by atoms with Crippen molar-refractivity contribution < 1.29 is 36.7 Å². The normalized spacial score (nSPS) is 10.6. The zero-order valence-corrected chi connectivity index (χ0v) is 14.7. The van der Waals surface area contributed by atoms with E-state index >= 15 is 0 Å². The third kappa shape index (κ3) is 4.26. The van der Waals surface area contributed by atoms with E-state index in [1.165, 1.54) is 32.2 Å². The molecule has 0 bridgehead atoms. The second-order valence-corrected chi connectivity index (χ2v) is 5.45. The van der Waals surface area contributed by atoms with Gasteiger partial charge in [-0.2, -0.15) is 0 Å². The molecule has 28 heavy (non-hydrogen) atoms. The van der Waals surface area contributed by atoms with Gasteiger partial charge in [-0.3, -0.25) is 0 Å². The van der Waals surface area contributed by atoms with Crippen LogP contribution in [0.2, 0.25) is 0 Å². The van der Waals surface area contributed by atoms with Crippen LogP contribution in [0.15, 0.2) is 45.6 Å². The summed E-state index contributed by atoms with van der Waals surface area (Å²) >= 11 is 0. The third-order valence-electron chi connectivity index (χ3n) is 3.54. The molecule has 0 saturated heterocycles. The monoisotopic (exact) mass is 391 g/mol. The Morgan fingerprint density at radius 3 is 1.93 bits per heavy atom. The van der Waals surface area contributed by atoms with Gasteiger partial charge in [0.25, 0.3) is 0 Å². The first-order valence-corrected chi connectivity index (χ1v) is 7.82. The van der Waals surface area contributed by atoms with Crippen molar-refractivity contribution in [2.45, 2.75) is 27.1 Å². The standard InChI is InChI=1S/C17H13NO10/c1-8-12(27-16(21)25-8)6-23-14(19)10-3-4-18-11(5-10)15(20)24-7-13-9(2)26-17(22)28-13/h3-5H,6-7H2,1-2H3. The van der Waals surface area contributed by atoms with Crippen LogP contribution in [-0.2, 0) is 22.7 Å². The summed E-state index contributed by atoms with van der Waals surface area (Å²) in [5, 5.41) is 0. The Kier molecular flexibility index (Phi) is 5.25. The Balaban J connectivity index is 1.63. The highest BCUT2D eigenvalue weighted by Crippen LogP contribution is 2.12. The van der Waals surface area contributed by atoms with Crippen LogP contribution < -0.4 is 11.6 Å². The van der Waals surface area contributed by atoms with Crippen LogP contribution in [0.4, 0.5) is 0 Å². The molecule has 3 aromatic heterocycles. The van der Waals surface area contributed by atoms with Crippen molar-refractivity contribution >= 4 is 11.9 Å². The Hall–Kier alpha value is -3.89. The van der Waals surface area contributed by atoms with Gasteiger partial charge in [0, 0.05) is 6.20 Å². The molecule has 3 rings (SSSR count). The minimum absolute atomic E-state index is 0.0245. The molecular weight excluding hydrogens is 378 g/mol. The van der Waals surface area contributed by atoms with Crippen LogP contribution in [0, 0.1) is 13.8 Å². The number of esters is 2. The molecule has 0 aliphatic rings. The number of carbonyl (C=O) groups excluding carboxylic acids is 2. The molecule has 0 saturated carbocycles. The molecule has 0 fully saturated rings. The van der Waals surface area contributed by atoms with Crippen LogP contribution >= 0.6 is 0 Å². The molecule has 3 aromatic rings. The lowest BCUT2D eigenvalue weighted by Crippen LogP contribution is -2.11. The molecule has 0 spiro atoms. The summed E-state index contributed by atoms with van der Waals surface area (Å²) in [4.78, 5) is 50.0. The quantitative estimate of drug-likeness (QED) is 0.562. The van der Waals surface area contributed by atoms with Gasteiger partial charge in [-0.1, -0.05) is 0 Å². The van der Waals surface area contributed by atoms with E-state index in [2.05, 4.69) is 13.8 Å². The van der Waals surface area contributed by atoms with E-state index in [-0.39, 0.29) is 47.5 Å². The van der Waals surface area contributed by atoms with E-state index in [4.69, 9.17) is 18.3 Å². The molecule has 11 heteroatoms. The van der Waals surface area contributed by atoms with Crippen LogP contribution in [0.5, 0.6) is 0 Å². The topological polar surface area (TPSA) is 152 Å². The van der Waals surface area contributed by atoms with Crippen LogP contribution in [0.25, 0.3) is 0 Å². The smallest absolute Gasteiger partial charge is 0.454 e. The van der Waals surface area contributed by atoms with Gasteiger partial charge in [-0.25, -0.2) is 24.2 Å². The molecule has 0 aromatic carbocycles. The van der Waals surface area contributed by atoms with E-state index in [0.717, 1.165) is 0 Å². The molecular formula is C17H13NO10. The molecule has 0 amide bonds. The fourth-order valence-corrected chi connectivity index (χ4v) is 2.10. The van der Waals surface area contributed by atoms with E-state index in [0.29, 0.717) is 0 Å². The summed E-state index contributed by atoms with van der Waals surface area (Å²) in [7, 11) is 0. The fraction of sp³-hybridized carbons (Fsp3) is 0.235. The lowest BCUT2D eigenvalue weighted by molar-refractivity contribution is 0.0434. The molecule has 146 valence electrons. The molecule has 0 aliphatic carbocycles. The SMILES string of the molecule is Cc1oc(=O)oc1COC(=O)c1ccnc(C(=O)OCc2oc(=O)oc2C)c1. The van der Waals surface area contributed by atoms with E-state index < -0.39 is 23.6 Å². The number of hydrogen-bond donors (Lipinski definition) is 0. The number of rotatable bonds is 6. The zero-order valence-electron chi connectivity index (χ0n) is 14.7. The largest absolute Gasteiger partial charge is 0.519 e. The van der Waals surface area contributed by atoms with Gasteiger partial charge in [0.05, 0.1) is 5.56 Å². The first kappa shape index (κ1) is 18.9. The van der Waals surface area contributed by atoms with Gasteiger partial charge in [-0.15, -0.1) is 0 Å². The Morgan fingerprint density at radius 1 is 0.893 bits per heavy atom. The number of nitrogens with zero attached hydrogens (tertiary/aromatic N) is 1. The summed E-state index contributed by atoms with van der Waals surface area (Å²) in [5.41, 5.74) is -0.138. The Bertz CT molecular complexity index is 1040. The van der Waals surface area contributed by atoms with Crippen LogP contribution in [-0.4, -0.2) is 16.9 Å². The molecule has 0 aliphatic heterocycles. The predicted molar refractivity (Wildman–Crippen MR) is 86.4 cm³/mol. The van der Waals surface area contributed by atoms with Crippen molar-refractivity contribution in [2.24, 2.45) is 0 Å². The number of ether oxygens (including phenoxy) is 2. The van der Waals surface area contributed by atoms with Crippen LogP contribution in [0.3, 0.4) is 0 Å². The highest BCUT2D eigenvalue weighted by atomic mass is 16.6. The van der Waals surface area contributed by atoms with E-state index in [1.54, 1.807) is 0 Å². The highest BCUT2D eigenvalue weighted by molar-refractivity contribution is 5.93. The van der Waals surface area contributed by atoms with Gasteiger partial charge in [0.15, 0.2) is 36.3 Å². The number of aryl methyl sites for hydroxylation is 2. The maximum Gasteiger partial charge on any atom is 0.519 e. The predicted octanol–water partition coefficient (Wildman–Crippen LogP) is 1.50. The van der Waals surface area contributed by atoms with Gasteiger partial charge >= 0.3 is 23.6 Å². The highest BCUT2D eigenvalue weighted by Gasteiger charge is 2.17. The summed E-state index contributed by atoms with van der Waals surface area (Å²) < 4.78 is 28.7. The number of hydrogen-bond acceptors (Lipinski definition) is 11. The average molecular weight is 391 g/mol. The van der Waals surface area contributed by atoms with Crippen molar-refractivity contribution in [2.75, 3.05) is 0 Å². The van der Waals surface area contributed by atoms with Crippen molar-refractivity contribution in [3.63, 3.8) is 0 Å². The maximum atomic E-state index is 12.1. The number of aromatic nitrogens is 1. The summed E-state index contributed by atoms with van der Waals surface area (Å²) in [5.74, 6) is -2.93. The minimum Gasteiger partial charge on any atom is -0.454 e. The third-order valence-corrected chi connectivity index (χ3v) is 3.54. The lowest BCUT2D eigenvalue weighted by Gasteiger charge is -2.05. The van der Waals surface area contributed by atoms with Gasteiger partial charge < -0.3 is 27.1 Å². The summed E-state index contributed by atoms with van der Waals surface area (Å²) in [6.07, 6.45) is 1.22.